The first-order valence-electron chi connectivity index (χ1n) is 8.51. The highest BCUT2D eigenvalue weighted by molar-refractivity contribution is 5.93. The predicted molar refractivity (Wildman–Crippen MR) is 93.7 cm³/mol. The fraction of sp³-hybridized carbons (Fsp3) is 0.588. The van der Waals surface area contributed by atoms with Crippen molar-refractivity contribution in [2.24, 2.45) is 11.8 Å². The first kappa shape index (κ1) is 17.6. The fourth-order valence-electron chi connectivity index (χ4n) is 3.66. The van der Waals surface area contributed by atoms with E-state index in [0.717, 1.165) is 18.7 Å². The summed E-state index contributed by atoms with van der Waals surface area (Å²) in [6.07, 6.45) is 2.24. The van der Waals surface area contributed by atoms with Crippen LogP contribution >= 0.6 is 0 Å². The number of amides is 1. The molecule has 136 valence electrons. The quantitative estimate of drug-likeness (QED) is 0.810. The van der Waals surface area contributed by atoms with Crippen LogP contribution in [0.3, 0.4) is 0 Å². The van der Waals surface area contributed by atoms with Crippen LogP contribution in [0.25, 0.3) is 5.65 Å². The molecule has 0 aromatic carbocycles. The smallest absolute Gasteiger partial charge is 0.285 e. The van der Waals surface area contributed by atoms with Crippen LogP contribution in [0.4, 0.5) is 0 Å². The van der Waals surface area contributed by atoms with Gasteiger partial charge in [-0.05, 0) is 39.3 Å². The number of nitrogens with one attached hydrogen (secondary N) is 1. The number of H-pyrrole nitrogens is 1. The van der Waals surface area contributed by atoms with Crippen LogP contribution in [-0.4, -0.2) is 75.7 Å². The number of fused-ring (bicyclic) bond motifs is 1. The van der Waals surface area contributed by atoms with Gasteiger partial charge in [-0.2, -0.15) is 0 Å². The normalized spacial score (nSPS) is 21.2. The number of rotatable bonds is 4. The first-order valence-corrected chi connectivity index (χ1v) is 8.51. The maximum absolute atomic E-state index is 12.9. The van der Waals surface area contributed by atoms with Gasteiger partial charge in [-0.15, -0.1) is 0 Å². The van der Waals surface area contributed by atoms with Crippen molar-refractivity contribution in [2.75, 3.05) is 40.3 Å². The highest BCUT2D eigenvalue weighted by Gasteiger charge is 2.31. The summed E-state index contributed by atoms with van der Waals surface area (Å²) >= 11 is 0. The Labute approximate surface area is 146 Å². The highest BCUT2D eigenvalue weighted by Crippen LogP contribution is 2.23. The minimum Gasteiger partial charge on any atom is -0.396 e. The molecule has 2 N–H and O–H groups in total. The van der Waals surface area contributed by atoms with E-state index in [1.165, 1.54) is 10.7 Å². The second-order valence-corrected chi connectivity index (χ2v) is 7.23. The van der Waals surface area contributed by atoms with E-state index in [-0.39, 0.29) is 29.9 Å². The molecular formula is C17H25N5O3. The van der Waals surface area contributed by atoms with Crippen LogP contribution < -0.4 is 5.56 Å². The number of carbonyl (C=O) groups is 1. The van der Waals surface area contributed by atoms with Gasteiger partial charge in [-0.3, -0.25) is 14.7 Å². The minimum atomic E-state index is -0.390. The van der Waals surface area contributed by atoms with Gasteiger partial charge in [0.1, 0.15) is 5.56 Å². The lowest BCUT2D eigenvalue weighted by atomic mass is 9.89. The third-order valence-corrected chi connectivity index (χ3v) is 4.65. The number of aryl methyl sites for hydroxylation is 1. The zero-order valence-corrected chi connectivity index (χ0v) is 14.9. The van der Waals surface area contributed by atoms with Crippen LogP contribution in [0.15, 0.2) is 17.1 Å². The van der Waals surface area contributed by atoms with Gasteiger partial charge in [0, 0.05) is 44.2 Å². The van der Waals surface area contributed by atoms with Gasteiger partial charge in [0.15, 0.2) is 5.65 Å². The van der Waals surface area contributed by atoms with Crippen molar-refractivity contribution in [1.82, 2.24) is 24.4 Å². The summed E-state index contributed by atoms with van der Waals surface area (Å²) in [5.41, 5.74) is 0.968. The van der Waals surface area contributed by atoms with E-state index < -0.39 is 5.56 Å². The first-order chi connectivity index (χ1) is 11.9. The standard InChI is InChI=1S/C17H25N5O3/c1-11-4-15-18-6-14(17(25)22(15)19-11)16(24)21-8-12(7-20(2)3)5-13(9-21)10-23/h4,6,12-13,19,23H,5,7-10H2,1-3H3/t12-,13-/m0/s1. The Balaban J connectivity index is 1.88. The molecule has 1 fully saturated rings. The lowest BCUT2D eigenvalue weighted by molar-refractivity contribution is 0.0475. The van der Waals surface area contributed by atoms with E-state index >= 15 is 0 Å². The van der Waals surface area contributed by atoms with Gasteiger partial charge < -0.3 is 14.9 Å². The monoisotopic (exact) mass is 347 g/mol. The number of aliphatic hydroxyl groups is 1. The third-order valence-electron chi connectivity index (χ3n) is 4.65. The molecule has 2 atom stereocenters. The molecule has 8 heteroatoms. The Morgan fingerprint density at radius 1 is 1.40 bits per heavy atom. The van der Waals surface area contributed by atoms with Crippen molar-refractivity contribution < 1.29 is 9.90 Å². The molecule has 1 aliphatic heterocycles. The van der Waals surface area contributed by atoms with E-state index in [9.17, 15) is 14.7 Å². The number of aliphatic hydroxyl groups excluding tert-OH is 1. The van der Waals surface area contributed by atoms with E-state index in [1.54, 1.807) is 11.0 Å². The van der Waals surface area contributed by atoms with E-state index in [4.69, 9.17) is 0 Å². The lowest BCUT2D eigenvalue weighted by Gasteiger charge is -2.38. The molecule has 1 saturated heterocycles. The molecule has 0 radical (unpaired) electrons. The predicted octanol–water partition coefficient (Wildman–Crippen LogP) is -0.0368. The van der Waals surface area contributed by atoms with Gasteiger partial charge in [-0.1, -0.05) is 0 Å². The number of aromatic amines is 1. The van der Waals surface area contributed by atoms with E-state index in [2.05, 4.69) is 15.0 Å². The minimum absolute atomic E-state index is 0.0369. The fourth-order valence-corrected chi connectivity index (χ4v) is 3.66. The molecule has 3 heterocycles. The maximum atomic E-state index is 12.9. The van der Waals surface area contributed by atoms with E-state index in [0.29, 0.717) is 18.7 Å². The van der Waals surface area contributed by atoms with E-state index in [1.807, 2.05) is 21.0 Å². The van der Waals surface area contributed by atoms with Crippen molar-refractivity contribution in [3.63, 3.8) is 0 Å². The number of carbonyl (C=O) groups excluding carboxylic acids is 1. The third kappa shape index (κ3) is 3.59. The number of aromatic nitrogens is 3. The largest absolute Gasteiger partial charge is 0.396 e. The molecule has 0 aliphatic carbocycles. The summed E-state index contributed by atoms with van der Waals surface area (Å²) in [6, 6.07) is 1.76. The molecule has 0 saturated carbocycles. The molecule has 0 bridgehead atoms. The molecule has 2 aromatic heterocycles. The Bertz CT molecular complexity index is 825. The Morgan fingerprint density at radius 3 is 2.80 bits per heavy atom. The summed E-state index contributed by atoms with van der Waals surface area (Å²) in [6.45, 7) is 3.76. The maximum Gasteiger partial charge on any atom is 0.285 e. The molecule has 8 nitrogen and oxygen atoms in total. The molecular weight excluding hydrogens is 322 g/mol. The number of hydrogen-bond acceptors (Lipinski definition) is 5. The average Bonchev–Trinajstić information content (AvgIpc) is 2.95. The van der Waals surface area contributed by atoms with Crippen LogP contribution in [-0.2, 0) is 0 Å². The molecule has 0 unspecified atom stereocenters. The van der Waals surface area contributed by atoms with Crippen LogP contribution in [0.1, 0.15) is 22.5 Å². The van der Waals surface area contributed by atoms with Crippen LogP contribution in [0.5, 0.6) is 0 Å². The van der Waals surface area contributed by atoms with Crippen molar-refractivity contribution in [3.05, 3.63) is 33.9 Å². The summed E-state index contributed by atoms with van der Waals surface area (Å²) in [4.78, 5) is 33.5. The Morgan fingerprint density at radius 2 is 2.12 bits per heavy atom. The molecule has 0 spiro atoms. The molecule has 2 aromatic rings. The zero-order chi connectivity index (χ0) is 18.1. The summed E-state index contributed by atoms with van der Waals surface area (Å²) in [7, 11) is 3.99. The summed E-state index contributed by atoms with van der Waals surface area (Å²) < 4.78 is 1.30. The van der Waals surface area contributed by atoms with Gasteiger partial charge in [0.25, 0.3) is 11.5 Å². The van der Waals surface area contributed by atoms with Gasteiger partial charge in [0.05, 0.1) is 0 Å². The average molecular weight is 347 g/mol. The number of likely N-dealkylation sites (tertiary alicyclic amines) is 1. The lowest BCUT2D eigenvalue weighted by Crippen LogP contribution is -2.48. The summed E-state index contributed by atoms with van der Waals surface area (Å²) in [5.74, 6) is -0.00656. The summed E-state index contributed by atoms with van der Waals surface area (Å²) in [5, 5.41) is 12.5. The van der Waals surface area contributed by atoms with Crippen LogP contribution in [0.2, 0.25) is 0 Å². The second-order valence-electron chi connectivity index (χ2n) is 7.23. The SMILES string of the molecule is Cc1cc2ncc(C(=O)N3C[C@@H](CO)C[C@@H](CN(C)C)C3)c(=O)n2[nH]1. The topological polar surface area (TPSA) is 93.9 Å². The number of piperidine rings is 1. The van der Waals surface area contributed by atoms with Crippen LogP contribution in [0, 0.1) is 18.8 Å². The number of nitrogens with zero attached hydrogens (tertiary/aromatic N) is 4. The Hall–Kier alpha value is -2.19. The van der Waals surface area contributed by atoms with Gasteiger partial charge >= 0.3 is 0 Å². The molecule has 1 aliphatic rings. The van der Waals surface area contributed by atoms with Crippen molar-refractivity contribution in [3.8, 4) is 0 Å². The Kier molecular flexibility index (Phi) is 4.91. The van der Waals surface area contributed by atoms with Crippen molar-refractivity contribution in [2.45, 2.75) is 13.3 Å². The molecule has 3 rings (SSSR count). The van der Waals surface area contributed by atoms with Crippen molar-refractivity contribution in [1.29, 1.82) is 0 Å². The van der Waals surface area contributed by atoms with Gasteiger partial charge in [-0.25, -0.2) is 9.50 Å². The van der Waals surface area contributed by atoms with Crippen molar-refractivity contribution >= 4 is 11.6 Å². The number of hydrogen-bond donors (Lipinski definition) is 2. The highest BCUT2D eigenvalue weighted by atomic mass is 16.3. The second kappa shape index (κ2) is 6.97. The molecule has 1 amide bonds. The zero-order valence-electron chi connectivity index (χ0n) is 14.9. The molecule has 25 heavy (non-hydrogen) atoms. The van der Waals surface area contributed by atoms with Gasteiger partial charge in [0.2, 0.25) is 0 Å².